The van der Waals surface area contributed by atoms with Gasteiger partial charge in [0.05, 0.1) is 24.0 Å². The molecule has 114 valence electrons. The highest BCUT2D eigenvalue weighted by molar-refractivity contribution is 5.45. The first-order valence-electron chi connectivity index (χ1n) is 6.38. The van der Waals surface area contributed by atoms with Gasteiger partial charge in [-0.2, -0.15) is 13.2 Å². The lowest BCUT2D eigenvalue weighted by atomic mass is 10.2. The number of anilines is 2. The number of alkyl halides is 3. The Morgan fingerprint density at radius 1 is 1.19 bits per heavy atom. The number of nitrogens with one attached hydrogen (secondary N) is 1. The van der Waals surface area contributed by atoms with E-state index >= 15 is 0 Å². The summed E-state index contributed by atoms with van der Waals surface area (Å²) in [6.45, 7) is 0.489. The topological polar surface area (TPSA) is 33.1 Å². The summed E-state index contributed by atoms with van der Waals surface area (Å²) in [7, 11) is 5.69. The van der Waals surface area contributed by atoms with Crippen molar-refractivity contribution in [2.45, 2.75) is 12.7 Å². The summed E-state index contributed by atoms with van der Waals surface area (Å²) in [5.41, 5.74) is 0.928. The van der Waals surface area contributed by atoms with Crippen LogP contribution in [0.5, 0.6) is 0 Å². The number of halogens is 3. The molecule has 0 fully saturated rings. The molecular formula is C14H17F3N4. The highest BCUT2D eigenvalue weighted by Crippen LogP contribution is 2.29. The number of hydrogen-bond donors (Lipinski definition) is 1. The largest absolute Gasteiger partial charge is 0.416 e. The van der Waals surface area contributed by atoms with Crippen molar-refractivity contribution in [1.29, 1.82) is 0 Å². The van der Waals surface area contributed by atoms with E-state index in [4.69, 9.17) is 0 Å². The first-order chi connectivity index (χ1) is 9.79. The van der Waals surface area contributed by atoms with Gasteiger partial charge in [-0.3, -0.25) is 0 Å². The van der Waals surface area contributed by atoms with Gasteiger partial charge in [0, 0.05) is 26.8 Å². The van der Waals surface area contributed by atoms with E-state index < -0.39 is 11.7 Å². The van der Waals surface area contributed by atoms with Crippen LogP contribution < -0.4 is 10.2 Å². The summed E-state index contributed by atoms with van der Waals surface area (Å²) in [4.78, 5) is 6.16. The zero-order chi connectivity index (χ0) is 15.6. The van der Waals surface area contributed by atoms with Gasteiger partial charge in [0.2, 0.25) is 5.95 Å². The fourth-order valence-electron chi connectivity index (χ4n) is 1.98. The molecule has 4 nitrogen and oxygen atoms in total. The normalized spacial score (nSPS) is 11.5. The molecule has 0 amide bonds. The van der Waals surface area contributed by atoms with Gasteiger partial charge in [-0.1, -0.05) is 0 Å². The van der Waals surface area contributed by atoms with Gasteiger partial charge in [0.1, 0.15) is 0 Å². The Hall–Kier alpha value is -2.18. The van der Waals surface area contributed by atoms with Gasteiger partial charge in [0.15, 0.2) is 0 Å². The van der Waals surface area contributed by atoms with Crippen molar-refractivity contribution < 1.29 is 13.2 Å². The molecule has 0 radical (unpaired) electrons. The van der Waals surface area contributed by atoms with Gasteiger partial charge in [-0.25, -0.2) is 4.98 Å². The Balaban J connectivity index is 2.03. The third-order valence-electron chi connectivity index (χ3n) is 3.15. The molecule has 2 aromatic rings. The lowest BCUT2D eigenvalue weighted by Gasteiger charge is -2.13. The highest BCUT2D eigenvalue weighted by Gasteiger charge is 2.29. The van der Waals surface area contributed by atoms with Gasteiger partial charge in [0.25, 0.3) is 0 Å². The van der Waals surface area contributed by atoms with E-state index in [2.05, 4.69) is 10.3 Å². The molecule has 0 atom stereocenters. The van der Waals surface area contributed by atoms with Crippen LogP contribution >= 0.6 is 0 Å². The maximum Gasteiger partial charge on any atom is 0.416 e. The third-order valence-corrected chi connectivity index (χ3v) is 3.15. The van der Waals surface area contributed by atoms with Gasteiger partial charge in [-0.15, -0.1) is 0 Å². The second-order valence-electron chi connectivity index (χ2n) is 4.93. The molecule has 2 rings (SSSR count). The summed E-state index contributed by atoms with van der Waals surface area (Å²) >= 11 is 0. The van der Waals surface area contributed by atoms with E-state index in [0.29, 0.717) is 12.2 Å². The fraction of sp³-hybridized carbons (Fsp3) is 0.357. The number of hydrogen-bond acceptors (Lipinski definition) is 3. The lowest BCUT2D eigenvalue weighted by molar-refractivity contribution is -0.137. The van der Waals surface area contributed by atoms with E-state index in [1.807, 2.05) is 30.6 Å². The number of rotatable bonds is 4. The third kappa shape index (κ3) is 3.48. The van der Waals surface area contributed by atoms with Crippen LogP contribution in [0.1, 0.15) is 11.3 Å². The Kier molecular flexibility index (Phi) is 4.11. The Labute approximate surface area is 121 Å². The van der Waals surface area contributed by atoms with E-state index in [9.17, 15) is 13.2 Å². The molecule has 0 aliphatic heterocycles. The maximum atomic E-state index is 12.5. The second kappa shape index (κ2) is 5.67. The monoisotopic (exact) mass is 298 g/mol. The predicted molar refractivity (Wildman–Crippen MR) is 76.3 cm³/mol. The minimum absolute atomic E-state index is 0.489. The van der Waals surface area contributed by atoms with E-state index in [1.54, 1.807) is 6.20 Å². The Morgan fingerprint density at radius 2 is 1.81 bits per heavy atom. The van der Waals surface area contributed by atoms with Crippen molar-refractivity contribution >= 4 is 11.6 Å². The molecule has 0 bridgehead atoms. The average Bonchev–Trinajstić information content (AvgIpc) is 2.77. The van der Waals surface area contributed by atoms with Crippen LogP contribution in [-0.4, -0.2) is 23.6 Å². The lowest BCUT2D eigenvalue weighted by Crippen LogP contribution is -2.15. The molecule has 0 spiro atoms. The Bertz CT molecular complexity index is 600. The van der Waals surface area contributed by atoms with E-state index in [-0.39, 0.29) is 0 Å². The number of imidazole rings is 1. The minimum atomic E-state index is -4.30. The van der Waals surface area contributed by atoms with E-state index in [0.717, 1.165) is 23.8 Å². The standard InChI is InChI=1S/C14H17F3N4/c1-20(2)13-19-9-12(21(13)3)8-18-11-6-4-10(5-7-11)14(15,16)17/h4-7,9,18H,8H2,1-3H3. The van der Waals surface area contributed by atoms with Crippen molar-refractivity contribution in [3.63, 3.8) is 0 Å². The summed E-state index contributed by atoms with van der Waals surface area (Å²) < 4.78 is 39.3. The molecule has 1 aromatic heterocycles. The van der Waals surface area contributed by atoms with Crippen LogP contribution in [0, 0.1) is 0 Å². The molecule has 0 saturated heterocycles. The summed E-state index contributed by atoms with van der Waals surface area (Å²) in [5.74, 6) is 0.819. The first kappa shape index (κ1) is 15.2. The first-order valence-corrected chi connectivity index (χ1v) is 6.38. The van der Waals surface area contributed by atoms with Crippen molar-refractivity contribution in [2.75, 3.05) is 24.3 Å². The highest BCUT2D eigenvalue weighted by atomic mass is 19.4. The maximum absolute atomic E-state index is 12.5. The van der Waals surface area contributed by atoms with Gasteiger partial charge >= 0.3 is 6.18 Å². The molecule has 0 aliphatic carbocycles. The number of aromatic nitrogens is 2. The van der Waals surface area contributed by atoms with Crippen molar-refractivity contribution in [3.05, 3.63) is 41.7 Å². The summed E-state index contributed by atoms with van der Waals surface area (Å²) in [6.07, 6.45) is -2.56. The SMILES string of the molecule is CN(C)c1ncc(CNc2ccc(C(F)(F)F)cc2)n1C. The van der Waals surface area contributed by atoms with Crippen LogP contribution in [-0.2, 0) is 19.8 Å². The molecule has 1 heterocycles. The van der Waals surface area contributed by atoms with Crippen LogP contribution in [0.2, 0.25) is 0 Å². The van der Waals surface area contributed by atoms with E-state index in [1.165, 1.54) is 12.1 Å². The molecule has 0 unspecified atom stereocenters. The quantitative estimate of drug-likeness (QED) is 0.941. The number of nitrogens with zero attached hydrogens (tertiary/aromatic N) is 3. The zero-order valence-corrected chi connectivity index (χ0v) is 12.1. The molecule has 7 heteroatoms. The van der Waals surface area contributed by atoms with Crippen molar-refractivity contribution in [1.82, 2.24) is 9.55 Å². The zero-order valence-electron chi connectivity index (χ0n) is 12.1. The fourth-order valence-corrected chi connectivity index (χ4v) is 1.98. The Morgan fingerprint density at radius 3 is 2.29 bits per heavy atom. The molecule has 0 saturated carbocycles. The average molecular weight is 298 g/mol. The smallest absolute Gasteiger partial charge is 0.379 e. The molecular weight excluding hydrogens is 281 g/mol. The van der Waals surface area contributed by atoms with Crippen LogP contribution in [0.25, 0.3) is 0 Å². The minimum Gasteiger partial charge on any atom is -0.379 e. The van der Waals surface area contributed by atoms with Crippen molar-refractivity contribution in [3.8, 4) is 0 Å². The molecule has 21 heavy (non-hydrogen) atoms. The van der Waals surface area contributed by atoms with Gasteiger partial charge in [-0.05, 0) is 24.3 Å². The molecule has 1 aromatic carbocycles. The molecule has 1 N–H and O–H groups in total. The van der Waals surface area contributed by atoms with Crippen LogP contribution in [0.3, 0.4) is 0 Å². The van der Waals surface area contributed by atoms with Crippen molar-refractivity contribution in [2.24, 2.45) is 7.05 Å². The summed E-state index contributed by atoms with van der Waals surface area (Å²) in [6, 6.07) is 4.98. The number of benzene rings is 1. The van der Waals surface area contributed by atoms with Crippen LogP contribution in [0.4, 0.5) is 24.8 Å². The summed E-state index contributed by atoms with van der Waals surface area (Å²) in [5, 5.41) is 3.09. The molecule has 0 aliphatic rings. The second-order valence-corrected chi connectivity index (χ2v) is 4.93. The van der Waals surface area contributed by atoms with Gasteiger partial charge < -0.3 is 14.8 Å². The predicted octanol–water partition coefficient (Wildman–Crippen LogP) is 3.12. The van der Waals surface area contributed by atoms with Crippen LogP contribution in [0.15, 0.2) is 30.5 Å².